The zero-order valence-corrected chi connectivity index (χ0v) is 15.5. The quantitative estimate of drug-likeness (QED) is 0.809. The predicted molar refractivity (Wildman–Crippen MR) is 102 cm³/mol. The molecule has 2 aromatic carbocycles. The van der Waals surface area contributed by atoms with Gasteiger partial charge in [0, 0.05) is 18.1 Å². The number of para-hydroxylation sites is 2. The highest BCUT2D eigenvalue weighted by atomic mass is 35.5. The first kappa shape index (κ1) is 18.5. The molecule has 1 N–H and O–H groups in total. The molecule has 3 rings (SSSR count). The Balaban J connectivity index is 1.37. The van der Waals surface area contributed by atoms with Crippen LogP contribution in [0.1, 0.15) is 5.56 Å². The van der Waals surface area contributed by atoms with Gasteiger partial charge in [0.2, 0.25) is 5.91 Å². The Morgan fingerprint density at radius 3 is 2.69 bits per heavy atom. The second kappa shape index (κ2) is 8.92. The summed E-state index contributed by atoms with van der Waals surface area (Å²) in [4.78, 5) is 14.0. The maximum atomic E-state index is 12.1. The van der Waals surface area contributed by atoms with E-state index in [2.05, 4.69) is 5.32 Å². The summed E-state index contributed by atoms with van der Waals surface area (Å²) in [6, 6.07) is 15.3. The van der Waals surface area contributed by atoms with Crippen molar-refractivity contribution < 1.29 is 14.3 Å². The number of rotatable bonds is 7. The lowest BCUT2D eigenvalue weighted by Gasteiger charge is -2.29. The first-order valence-corrected chi connectivity index (χ1v) is 9.06. The van der Waals surface area contributed by atoms with E-state index in [0.29, 0.717) is 26.2 Å². The molecule has 0 bridgehead atoms. The number of fused-ring (bicyclic) bond motifs is 1. The zero-order chi connectivity index (χ0) is 18.4. The van der Waals surface area contributed by atoms with Crippen LogP contribution in [-0.2, 0) is 11.2 Å². The number of hydrogen-bond acceptors (Lipinski definition) is 4. The van der Waals surface area contributed by atoms with E-state index in [1.165, 1.54) is 0 Å². The molecular weight excluding hydrogens is 352 g/mol. The van der Waals surface area contributed by atoms with Gasteiger partial charge in [0.25, 0.3) is 0 Å². The van der Waals surface area contributed by atoms with Gasteiger partial charge in [-0.3, -0.25) is 9.69 Å². The van der Waals surface area contributed by atoms with Crippen LogP contribution in [0.15, 0.2) is 48.5 Å². The van der Waals surface area contributed by atoms with Crippen molar-refractivity contribution in [2.75, 3.05) is 33.3 Å². The van der Waals surface area contributed by atoms with Gasteiger partial charge < -0.3 is 14.8 Å². The molecule has 0 radical (unpaired) electrons. The second-order valence-electron chi connectivity index (χ2n) is 6.42. The number of carbonyl (C=O) groups is 1. The second-order valence-corrected chi connectivity index (χ2v) is 6.86. The third-order valence-corrected chi connectivity index (χ3v) is 4.40. The van der Waals surface area contributed by atoms with Gasteiger partial charge in [-0.25, -0.2) is 0 Å². The Morgan fingerprint density at radius 1 is 1.19 bits per heavy atom. The van der Waals surface area contributed by atoms with Crippen LogP contribution in [0.3, 0.4) is 0 Å². The Labute approximate surface area is 158 Å². The normalized spacial score (nSPS) is 15.7. The third-order valence-electron chi connectivity index (χ3n) is 4.15. The molecule has 0 fully saturated rings. The summed E-state index contributed by atoms with van der Waals surface area (Å²) < 4.78 is 11.6. The first-order chi connectivity index (χ1) is 12.6. The van der Waals surface area contributed by atoms with Gasteiger partial charge in [-0.05, 0) is 43.3 Å². The highest BCUT2D eigenvalue weighted by molar-refractivity contribution is 6.30. The van der Waals surface area contributed by atoms with Crippen LogP contribution in [0.5, 0.6) is 11.5 Å². The molecule has 1 aliphatic heterocycles. The number of carbonyl (C=O) groups excluding carboxylic acids is 1. The highest BCUT2D eigenvalue weighted by Crippen LogP contribution is 2.30. The fourth-order valence-electron chi connectivity index (χ4n) is 2.86. The molecule has 0 aromatic heterocycles. The minimum atomic E-state index is -0.0863. The summed E-state index contributed by atoms with van der Waals surface area (Å²) in [7, 11) is 1.91. The van der Waals surface area contributed by atoms with E-state index in [-0.39, 0.29) is 12.0 Å². The maximum Gasteiger partial charge on any atom is 0.234 e. The smallest absolute Gasteiger partial charge is 0.234 e. The number of benzene rings is 2. The van der Waals surface area contributed by atoms with Crippen LogP contribution >= 0.6 is 11.6 Å². The molecule has 1 aliphatic rings. The van der Waals surface area contributed by atoms with E-state index < -0.39 is 0 Å². The molecule has 0 aliphatic carbocycles. The fraction of sp³-hybridized carbons (Fsp3) is 0.350. The molecule has 2 aromatic rings. The van der Waals surface area contributed by atoms with E-state index >= 15 is 0 Å². The molecule has 1 unspecified atom stereocenters. The van der Waals surface area contributed by atoms with Gasteiger partial charge in [-0.15, -0.1) is 0 Å². The van der Waals surface area contributed by atoms with E-state index in [4.69, 9.17) is 21.1 Å². The van der Waals surface area contributed by atoms with Crippen molar-refractivity contribution in [3.05, 3.63) is 59.1 Å². The number of ether oxygens (including phenoxy) is 2. The summed E-state index contributed by atoms with van der Waals surface area (Å²) in [5.41, 5.74) is 1.15. The largest absolute Gasteiger partial charge is 0.486 e. The molecule has 0 spiro atoms. The number of likely N-dealkylation sites (N-methyl/N-ethyl adjacent to an activating group) is 1. The number of nitrogens with one attached hydrogen (secondary N) is 1. The van der Waals surface area contributed by atoms with Crippen LogP contribution in [0.2, 0.25) is 5.02 Å². The van der Waals surface area contributed by atoms with Crippen LogP contribution in [0.4, 0.5) is 0 Å². The molecule has 5 nitrogen and oxygen atoms in total. The van der Waals surface area contributed by atoms with Crippen molar-refractivity contribution in [3.8, 4) is 11.5 Å². The average molecular weight is 375 g/mol. The van der Waals surface area contributed by atoms with Crippen LogP contribution in [0.25, 0.3) is 0 Å². The van der Waals surface area contributed by atoms with Crippen molar-refractivity contribution in [3.63, 3.8) is 0 Å². The molecule has 0 saturated heterocycles. The molecule has 1 heterocycles. The highest BCUT2D eigenvalue weighted by Gasteiger charge is 2.22. The van der Waals surface area contributed by atoms with E-state index in [1.54, 1.807) is 0 Å². The van der Waals surface area contributed by atoms with Gasteiger partial charge in [0.05, 0.1) is 6.54 Å². The van der Waals surface area contributed by atoms with Crippen molar-refractivity contribution in [2.45, 2.75) is 12.5 Å². The predicted octanol–water partition coefficient (Wildman–Crippen LogP) is 2.77. The molecule has 26 heavy (non-hydrogen) atoms. The van der Waals surface area contributed by atoms with Gasteiger partial charge in [-0.1, -0.05) is 35.9 Å². The summed E-state index contributed by atoms with van der Waals surface area (Å²) in [5.74, 6) is 1.52. The minimum Gasteiger partial charge on any atom is -0.486 e. The third kappa shape index (κ3) is 5.38. The Hall–Kier alpha value is -2.24. The summed E-state index contributed by atoms with van der Waals surface area (Å²) in [6.07, 6.45) is 0.694. The lowest BCUT2D eigenvalue weighted by Crippen LogP contribution is -2.43. The molecule has 1 atom stereocenters. The minimum absolute atomic E-state index is 0.00130. The Morgan fingerprint density at radius 2 is 1.92 bits per heavy atom. The zero-order valence-electron chi connectivity index (χ0n) is 14.8. The van der Waals surface area contributed by atoms with Gasteiger partial charge in [0.15, 0.2) is 11.5 Å². The fourth-order valence-corrected chi connectivity index (χ4v) is 2.99. The maximum absolute atomic E-state index is 12.1. The van der Waals surface area contributed by atoms with Crippen molar-refractivity contribution >= 4 is 17.5 Å². The summed E-state index contributed by atoms with van der Waals surface area (Å²) in [6.45, 7) is 2.03. The monoisotopic (exact) mass is 374 g/mol. The molecular formula is C20H23ClN2O3. The lowest BCUT2D eigenvalue weighted by molar-refractivity contribution is -0.122. The Kier molecular flexibility index (Phi) is 6.36. The average Bonchev–Trinajstić information content (AvgIpc) is 2.63. The van der Waals surface area contributed by atoms with Crippen LogP contribution in [-0.4, -0.2) is 50.2 Å². The van der Waals surface area contributed by atoms with Crippen molar-refractivity contribution in [2.24, 2.45) is 0 Å². The topological polar surface area (TPSA) is 50.8 Å². The molecule has 6 heteroatoms. The summed E-state index contributed by atoms with van der Waals surface area (Å²) >= 11 is 5.87. The lowest BCUT2D eigenvalue weighted by atomic mass is 10.1. The van der Waals surface area contributed by atoms with Crippen LogP contribution in [0, 0.1) is 0 Å². The van der Waals surface area contributed by atoms with Crippen molar-refractivity contribution in [1.29, 1.82) is 0 Å². The van der Waals surface area contributed by atoms with Gasteiger partial charge >= 0.3 is 0 Å². The summed E-state index contributed by atoms with van der Waals surface area (Å²) in [5, 5.41) is 3.66. The number of hydrogen-bond donors (Lipinski definition) is 1. The number of halogens is 1. The van der Waals surface area contributed by atoms with Gasteiger partial charge in [-0.2, -0.15) is 0 Å². The number of amides is 1. The first-order valence-electron chi connectivity index (χ1n) is 8.68. The molecule has 0 saturated carbocycles. The SMILES string of the molecule is CN(CC(=O)NCCc1ccc(Cl)cc1)CC1COc2ccccc2O1. The van der Waals surface area contributed by atoms with Crippen LogP contribution < -0.4 is 14.8 Å². The van der Waals surface area contributed by atoms with E-state index in [0.717, 1.165) is 28.5 Å². The van der Waals surface area contributed by atoms with Crippen molar-refractivity contribution in [1.82, 2.24) is 10.2 Å². The molecule has 138 valence electrons. The number of nitrogens with zero attached hydrogens (tertiary/aromatic N) is 1. The molecule has 1 amide bonds. The Bertz CT molecular complexity index is 736. The van der Waals surface area contributed by atoms with E-state index in [9.17, 15) is 4.79 Å². The van der Waals surface area contributed by atoms with E-state index in [1.807, 2.05) is 60.5 Å². The van der Waals surface area contributed by atoms with Gasteiger partial charge in [0.1, 0.15) is 12.7 Å². The standard InChI is InChI=1S/C20H23ClN2O3/c1-23(12-17-14-25-18-4-2-3-5-19(18)26-17)13-20(24)22-11-10-15-6-8-16(21)9-7-15/h2-9,17H,10-14H2,1H3,(H,22,24).